The highest BCUT2D eigenvalue weighted by Crippen LogP contribution is 2.44. The molecule has 2 N–H and O–H groups in total. The Morgan fingerprint density at radius 1 is 1.12 bits per heavy atom. The van der Waals surface area contributed by atoms with Crippen molar-refractivity contribution in [3.05, 3.63) is 58.0 Å². The third kappa shape index (κ3) is 2.84. The van der Waals surface area contributed by atoms with Crippen LogP contribution in [0.1, 0.15) is 5.01 Å². The van der Waals surface area contributed by atoms with Gasteiger partial charge in [0.05, 0.1) is 15.6 Å². The number of nitrogens with zero attached hydrogens (tertiary/aromatic N) is 2. The van der Waals surface area contributed by atoms with Crippen LogP contribution < -0.4 is 5.73 Å². The molecule has 0 amide bonds. The smallest absolute Gasteiger partial charge is 0.124 e. The van der Waals surface area contributed by atoms with Crippen molar-refractivity contribution in [2.45, 2.75) is 6.42 Å². The minimum Gasteiger partial charge on any atom is -0.330 e. The number of halogens is 1. The van der Waals surface area contributed by atoms with Crippen molar-refractivity contribution in [1.82, 2.24) is 9.97 Å². The average Bonchev–Trinajstić information content (AvgIpc) is 3.20. The van der Waals surface area contributed by atoms with Gasteiger partial charge in [-0.3, -0.25) is 0 Å². The van der Waals surface area contributed by atoms with E-state index in [9.17, 15) is 0 Å². The Balaban J connectivity index is 1.93. The topological polar surface area (TPSA) is 51.8 Å². The van der Waals surface area contributed by atoms with E-state index in [1.54, 1.807) is 22.7 Å². The van der Waals surface area contributed by atoms with Crippen molar-refractivity contribution < 1.29 is 0 Å². The van der Waals surface area contributed by atoms with Gasteiger partial charge in [-0.25, -0.2) is 9.97 Å². The number of pyridine rings is 1. The predicted octanol–water partition coefficient (Wildman–Crippen LogP) is 5.24. The van der Waals surface area contributed by atoms with Crippen molar-refractivity contribution in [2.75, 3.05) is 6.54 Å². The van der Waals surface area contributed by atoms with Gasteiger partial charge in [0.1, 0.15) is 4.83 Å². The van der Waals surface area contributed by atoms with E-state index in [1.807, 2.05) is 36.5 Å². The molecule has 0 aliphatic heterocycles. The Hall–Kier alpha value is -1.79. The van der Waals surface area contributed by atoms with Crippen LogP contribution in [0.15, 0.2) is 48.0 Å². The molecular weight excluding hydrogens is 358 g/mol. The molecule has 4 aromatic rings. The quantitative estimate of drug-likeness (QED) is 0.533. The third-order valence-corrected chi connectivity index (χ3v) is 6.04. The molecule has 0 spiro atoms. The zero-order valence-electron chi connectivity index (χ0n) is 12.7. The van der Waals surface area contributed by atoms with E-state index in [2.05, 4.69) is 16.4 Å². The van der Waals surface area contributed by atoms with E-state index >= 15 is 0 Å². The first-order valence-electron chi connectivity index (χ1n) is 7.54. The summed E-state index contributed by atoms with van der Waals surface area (Å²) >= 11 is 9.39. The Morgan fingerprint density at radius 2 is 1.96 bits per heavy atom. The lowest BCUT2D eigenvalue weighted by Crippen LogP contribution is -2.01. The molecule has 0 aliphatic carbocycles. The second-order valence-electron chi connectivity index (χ2n) is 5.33. The highest BCUT2D eigenvalue weighted by atomic mass is 35.5. The summed E-state index contributed by atoms with van der Waals surface area (Å²) in [5.74, 6) is 0. The molecule has 0 fully saturated rings. The number of benzene rings is 1. The summed E-state index contributed by atoms with van der Waals surface area (Å²) in [7, 11) is 0. The predicted molar refractivity (Wildman–Crippen MR) is 104 cm³/mol. The number of thiophene rings is 1. The minimum absolute atomic E-state index is 0.616. The van der Waals surface area contributed by atoms with E-state index < -0.39 is 0 Å². The standard InChI is InChI=1S/C18H14ClN3S2/c19-12-5-3-11(4-6-12)16-13-2-1-9-21-18(13)24-17(16)14-10-23-15(22-14)7-8-20/h1-6,9-10H,7-8,20H2. The van der Waals surface area contributed by atoms with Crippen LogP contribution in [0.4, 0.5) is 0 Å². The molecule has 0 atom stereocenters. The lowest BCUT2D eigenvalue weighted by Gasteiger charge is -2.04. The van der Waals surface area contributed by atoms with Crippen molar-refractivity contribution in [2.24, 2.45) is 5.73 Å². The summed E-state index contributed by atoms with van der Waals surface area (Å²) in [6, 6.07) is 12.0. The summed E-state index contributed by atoms with van der Waals surface area (Å²) in [6.45, 7) is 0.616. The van der Waals surface area contributed by atoms with Gasteiger partial charge in [-0.2, -0.15) is 0 Å². The maximum Gasteiger partial charge on any atom is 0.124 e. The maximum absolute atomic E-state index is 6.05. The molecule has 0 radical (unpaired) electrons. The molecule has 4 rings (SSSR count). The van der Waals surface area contributed by atoms with Crippen LogP contribution >= 0.6 is 34.3 Å². The van der Waals surface area contributed by atoms with Gasteiger partial charge in [0.2, 0.25) is 0 Å². The normalized spacial score (nSPS) is 11.2. The Kier molecular flexibility index (Phi) is 4.33. The number of thiazole rings is 1. The molecule has 120 valence electrons. The molecule has 1 aromatic carbocycles. The number of hydrogen-bond donors (Lipinski definition) is 1. The SMILES string of the molecule is NCCc1nc(-c2sc3ncccc3c2-c2ccc(Cl)cc2)cs1. The lowest BCUT2D eigenvalue weighted by atomic mass is 10.0. The third-order valence-electron chi connectivity index (χ3n) is 3.74. The van der Waals surface area contributed by atoms with Gasteiger partial charge in [0, 0.05) is 34.0 Å². The van der Waals surface area contributed by atoms with Crippen molar-refractivity contribution >= 4 is 44.5 Å². The van der Waals surface area contributed by atoms with Gasteiger partial charge in [-0.05, 0) is 36.4 Å². The monoisotopic (exact) mass is 371 g/mol. The van der Waals surface area contributed by atoms with E-state index in [-0.39, 0.29) is 0 Å². The molecule has 0 saturated carbocycles. The molecule has 0 saturated heterocycles. The number of rotatable bonds is 4. The maximum atomic E-state index is 6.05. The molecule has 0 unspecified atom stereocenters. The largest absolute Gasteiger partial charge is 0.330 e. The lowest BCUT2D eigenvalue weighted by molar-refractivity contribution is 0.954. The van der Waals surface area contributed by atoms with Crippen LogP contribution in [0.25, 0.3) is 31.9 Å². The van der Waals surface area contributed by atoms with Gasteiger partial charge in [0.15, 0.2) is 0 Å². The van der Waals surface area contributed by atoms with Gasteiger partial charge in [-0.15, -0.1) is 22.7 Å². The highest BCUT2D eigenvalue weighted by molar-refractivity contribution is 7.22. The molecule has 0 bridgehead atoms. The first-order chi connectivity index (χ1) is 11.8. The second kappa shape index (κ2) is 6.61. The molecule has 6 heteroatoms. The van der Waals surface area contributed by atoms with Gasteiger partial charge in [-0.1, -0.05) is 23.7 Å². The first kappa shape index (κ1) is 15.7. The molecule has 3 heterocycles. The Labute approximate surface area is 152 Å². The van der Waals surface area contributed by atoms with Crippen LogP contribution in [0.5, 0.6) is 0 Å². The molecule has 3 aromatic heterocycles. The fraction of sp³-hybridized carbons (Fsp3) is 0.111. The van der Waals surface area contributed by atoms with Crippen LogP contribution in [0.3, 0.4) is 0 Å². The molecular formula is C18H14ClN3S2. The molecule has 24 heavy (non-hydrogen) atoms. The van der Waals surface area contributed by atoms with Crippen molar-refractivity contribution in [1.29, 1.82) is 0 Å². The number of nitrogens with two attached hydrogens (primary N) is 1. The number of aromatic nitrogens is 2. The highest BCUT2D eigenvalue weighted by Gasteiger charge is 2.18. The van der Waals surface area contributed by atoms with E-state index in [1.165, 1.54) is 5.56 Å². The van der Waals surface area contributed by atoms with Gasteiger partial charge < -0.3 is 5.73 Å². The number of hydrogen-bond acceptors (Lipinski definition) is 5. The molecule has 0 aliphatic rings. The summed E-state index contributed by atoms with van der Waals surface area (Å²) in [5.41, 5.74) is 8.95. The van der Waals surface area contributed by atoms with Crippen LogP contribution in [0.2, 0.25) is 5.02 Å². The zero-order chi connectivity index (χ0) is 16.5. The van der Waals surface area contributed by atoms with Crippen LogP contribution in [-0.4, -0.2) is 16.5 Å². The summed E-state index contributed by atoms with van der Waals surface area (Å²) < 4.78 is 0. The van der Waals surface area contributed by atoms with E-state index in [0.717, 1.165) is 42.8 Å². The fourth-order valence-electron chi connectivity index (χ4n) is 2.67. The van der Waals surface area contributed by atoms with Crippen LogP contribution in [0, 0.1) is 0 Å². The summed E-state index contributed by atoms with van der Waals surface area (Å²) in [4.78, 5) is 11.4. The van der Waals surface area contributed by atoms with Crippen LogP contribution in [-0.2, 0) is 6.42 Å². The Bertz CT molecular complexity index is 989. The van der Waals surface area contributed by atoms with Gasteiger partial charge >= 0.3 is 0 Å². The van der Waals surface area contributed by atoms with Crippen molar-refractivity contribution in [3.63, 3.8) is 0 Å². The van der Waals surface area contributed by atoms with Crippen molar-refractivity contribution in [3.8, 4) is 21.7 Å². The first-order valence-corrected chi connectivity index (χ1v) is 9.62. The second-order valence-corrected chi connectivity index (χ2v) is 7.71. The Morgan fingerprint density at radius 3 is 2.75 bits per heavy atom. The summed E-state index contributed by atoms with van der Waals surface area (Å²) in [5, 5.41) is 5.06. The van der Waals surface area contributed by atoms with Gasteiger partial charge in [0.25, 0.3) is 0 Å². The average molecular weight is 372 g/mol. The minimum atomic E-state index is 0.616. The van der Waals surface area contributed by atoms with E-state index in [4.69, 9.17) is 22.3 Å². The van der Waals surface area contributed by atoms with E-state index in [0.29, 0.717) is 6.54 Å². The fourth-order valence-corrected chi connectivity index (χ4v) is 4.80. The summed E-state index contributed by atoms with van der Waals surface area (Å²) in [6.07, 6.45) is 2.64. The number of fused-ring (bicyclic) bond motifs is 1. The molecule has 3 nitrogen and oxygen atoms in total. The zero-order valence-corrected chi connectivity index (χ0v) is 15.1.